The molecule has 1 aromatic heterocycles. The molecule has 0 spiro atoms. The predicted molar refractivity (Wildman–Crippen MR) is 102 cm³/mol. The molecule has 0 unspecified atom stereocenters. The average molecular weight is 398 g/mol. The summed E-state index contributed by atoms with van der Waals surface area (Å²) in [6, 6.07) is 5.07. The summed E-state index contributed by atoms with van der Waals surface area (Å²) in [5.41, 5.74) is 1.92. The zero-order chi connectivity index (χ0) is 18.5. The first-order valence-corrected chi connectivity index (χ1v) is 8.83. The Kier molecular flexibility index (Phi) is 7.55. The Morgan fingerprint density at radius 1 is 1.41 bits per heavy atom. The molecule has 0 saturated carbocycles. The molecule has 2 heterocycles. The van der Waals surface area contributed by atoms with Crippen LogP contribution in [0.1, 0.15) is 40.6 Å². The second-order valence-electron chi connectivity index (χ2n) is 6.42. The number of hydrogen-bond donors (Lipinski definition) is 2. The molecule has 1 amide bonds. The number of carbonyl (C=O) groups excluding carboxylic acids is 1. The summed E-state index contributed by atoms with van der Waals surface area (Å²) in [5.74, 6) is -0.448. The van der Waals surface area contributed by atoms with Crippen LogP contribution in [0.5, 0.6) is 5.75 Å². The quantitative estimate of drug-likeness (QED) is 0.779. The number of methoxy groups -OCH3 is 1. The van der Waals surface area contributed by atoms with E-state index < -0.39 is 5.82 Å². The van der Waals surface area contributed by atoms with Gasteiger partial charge in [0.25, 0.3) is 5.91 Å². The van der Waals surface area contributed by atoms with Gasteiger partial charge in [0.15, 0.2) is 17.3 Å². The molecule has 1 aromatic carbocycles. The summed E-state index contributed by atoms with van der Waals surface area (Å²) >= 11 is 0. The summed E-state index contributed by atoms with van der Waals surface area (Å²) < 4.78 is 20.5. The fourth-order valence-corrected chi connectivity index (χ4v) is 3.22. The molecule has 148 valence electrons. The third-order valence-corrected chi connectivity index (χ3v) is 4.71. The molecule has 0 bridgehead atoms. The zero-order valence-electron chi connectivity index (χ0n) is 15.5. The van der Waals surface area contributed by atoms with Crippen LogP contribution in [0.4, 0.5) is 4.39 Å². The van der Waals surface area contributed by atoms with Gasteiger partial charge >= 0.3 is 0 Å². The Morgan fingerprint density at radius 3 is 2.81 bits per heavy atom. The number of halogens is 2. The van der Waals surface area contributed by atoms with E-state index in [9.17, 15) is 9.18 Å². The summed E-state index contributed by atoms with van der Waals surface area (Å²) in [6.07, 6.45) is 2.48. The van der Waals surface area contributed by atoms with Crippen molar-refractivity contribution in [2.24, 2.45) is 0 Å². The van der Waals surface area contributed by atoms with Crippen molar-refractivity contribution in [2.45, 2.75) is 32.2 Å². The Balaban J connectivity index is 0.00000261. The first-order valence-electron chi connectivity index (χ1n) is 8.83. The summed E-state index contributed by atoms with van der Waals surface area (Å²) in [7, 11) is 1.43. The highest BCUT2D eigenvalue weighted by molar-refractivity contribution is 5.93. The van der Waals surface area contributed by atoms with Gasteiger partial charge in [-0.05, 0) is 57.0 Å². The molecule has 2 N–H and O–H groups in total. The van der Waals surface area contributed by atoms with Gasteiger partial charge in [-0.1, -0.05) is 11.3 Å². The minimum absolute atomic E-state index is 0. The smallest absolute Gasteiger partial charge is 0.273 e. The summed E-state index contributed by atoms with van der Waals surface area (Å²) in [5, 5.41) is 14.4. The number of benzene rings is 1. The van der Waals surface area contributed by atoms with E-state index in [4.69, 9.17) is 4.74 Å². The molecule has 9 heteroatoms. The number of ether oxygens (including phenoxy) is 1. The Labute approximate surface area is 164 Å². The topological polar surface area (TPSA) is 81.1 Å². The molecule has 3 rings (SSSR count). The maximum Gasteiger partial charge on any atom is 0.273 e. The summed E-state index contributed by atoms with van der Waals surface area (Å²) in [4.78, 5) is 12.4. The van der Waals surface area contributed by atoms with Gasteiger partial charge in [0.05, 0.1) is 18.8 Å². The van der Waals surface area contributed by atoms with Gasteiger partial charge < -0.3 is 15.4 Å². The predicted octanol–water partition coefficient (Wildman–Crippen LogP) is 2.05. The number of nitrogens with zero attached hydrogens (tertiary/aromatic N) is 3. The SMILES string of the molecule is COc1ccc(CCNC(=O)c2nnn(C3CCNCC3)c2C)cc1F.Cl. The van der Waals surface area contributed by atoms with E-state index in [0.29, 0.717) is 18.7 Å². The maximum atomic E-state index is 13.7. The van der Waals surface area contributed by atoms with Crippen LogP contribution in [0.3, 0.4) is 0 Å². The van der Waals surface area contributed by atoms with Crippen LogP contribution in [-0.2, 0) is 6.42 Å². The van der Waals surface area contributed by atoms with Crippen molar-refractivity contribution < 1.29 is 13.9 Å². The lowest BCUT2D eigenvalue weighted by atomic mass is 10.1. The normalized spacial score (nSPS) is 14.5. The van der Waals surface area contributed by atoms with E-state index in [2.05, 4.69) is 20.9 Å². The number of amides is 1. The monoisotopic (exact) mass is 397 g/mol. The first kappa shape index (κ1) is 21.1. The number of hydrogen-bond acceptors (Lipinski definition) is 5. The van der Waals surface area contributed by atoms with Crippen molar-refractivity contribution in [3.8, 4) is 5.75 Å². The minimum Gasteiger partial charge on any atom is -0.494 e. The zero-order valence-corrected chi connectivity index (χ0v) is 16.3. The lowest BCUT2D eigenvalue weighted by molar-refractivity contribution is 0.0948. The number of aromatic nitrogens is 3. The fraction of sp³-hybridized carbons (Fsp3) is 0.500. The molecule has 1 fully saturated rings. The molecule has 27 heavy (non-hydrogen) atoms. The molecular weight excluding hydrogens is 373 g/mol. The van der Waals surface area contributed by atoms with Gasteiger partial charge in [0.2, 0.25) is 0 Å². The molecular formula is C18H25ClFN5O2. The molecule has 1 saturated heterocycles. The second-order valence-corrected chi connectivity index (χ2v) is 6.42. The van der Waals surface area contributed by atoms with Crippen molar-refractivity contribution >= 4 is 18.3 Å². The molecule has 1 aliphatic rings. The summed E-state index contributed by atoms with van der Waals surface area (Å²) in [6.45, 7) is 4.16. The lowest BCUT2D eigenvalue weighted by Crippen LogP contribution is -2.30. The standard InChI is InChI=1S/C18H24FN5O2.ClH/c1-12-17(22-23-24(12)14-6-8-20-9-7-14)18(25)21-10-5-13-3-4-16(26-2)15(19)11-13;/h3-4,11,14,20H,5-10H2,1-2H3,(H,21,25);1H. The maximum absolute atomic E-state index is 13.7. The van der Waals surface area contributed by atoms with E-state index in [1.54, 1.807) is 12.1 Å². The number of rotatable bonds is 6. The first-order chi connectivity index (χ1) is 12.6. The van der Waals surface area contributed by atoms with Crippen molar-refractivity contribution in [2.75, 3.05) is 26.7 Å². The molecule has 7 nitrogen and oxygen atoms in total. The Bertz CT molecular complexity index is 777. The van der Waals surface area contributed by atoms with Gasteiger partial charge in [-0.3, -0.25) is 4.79 Å². The number of carbonyl (C=O) groups is 1. The van der Waals surface area contributed by atoms with E-state index >= 15 is 0 Å². The largest absolute Gasteiger partial charge is 0.494 e. The van der Waals surface area contributed by atoms with Crippen molar-refractivity contribution in [1.82, 2.24) is 25.6 Å². The molecule has 0 atom stereocenters. The van der Waals surface area contributed by atoms with Crippen LogP contribution in [0, 0.1) is 12.7 Å². The van der Waals surface area contributed by atoms with Crippen molar-refractivity contribution in [1.29, 1.82) is 0 Å². The minimum atomic E-state index is -0.405. The van der Waals surface area contributed by atoms with Crippen LogP contribution in [-0.4, -0.2) is 47.6 Å². The highest BCUT2D eigenvalue weighted by Gasteiger charge is 2.22. The highest BCUT2D eigenvalue weighted by Crippen LogP contribution is 2.20. The van der Waals surface area contributed by atoms with E-state index in [-0.39, 0.29) is 30.1 Å². The van der Waals surface area contributed by atoms with Crippen molar-refractivity contribution in [3.05, 3.63) is 41.0 Å². The van der Waals surface area contributed by atoms with E-state index in [0.717, 1.165) is 37.2 Å². The Hall–Kier alpha value is -2.19. The molecule has 0 radical (unpaired) electrons. The third kappa shape index (κ3) is 4.95. The lowest BCUT2D eigenvalue weighted by Gasteiger charge is -2.23. The molecule has 2 aromatic rings. The number of nitrogens with one attached hydrogen (secondary N) is 2. The van der Waals surface area contributed by atoms with Gasteiger partial charge in [0.1, 0.15) is 0 Å². The van der Waals surface area contributed by atoms with Crippen molar-refractivity contribution in [3.63, 3.8) is 0 Å². The van der Waals surface area contributed by atoms with Crippen LogP contribution in [0.15, 0.2) is 18.2 Å². The van der Waals surface area contributed by atoms with Gasteiger partial charge in [-0.15, -0.1) is 17.5 Å². The second kappa shape index (κ2) is 9.66. The van der Waals surface area contributed by atoms with Gasteiger partial charge in [-0.2, -0.15) is 0 Å². The Morgan fingerprint density at radius 2 is 2.15 bits per heavy atom. The third-order valence-electron chi connectivity index (χ3n) is 4.71. The molecule has 1 aliphatic heterocycles. The van der Waals surface area contributed by atoms with E-state index in [1.165, 1.54) is 13.2 Å². The van der Waals surface area contributed by atoms with Gasteiger partial charge in [-0.25, -0.2) is 9.07 Å². The van der Waals surface area contributed by atoms with Crippen LogP contribution < -0.4 is 15.4 Å². The van der Waals surface area contributed by atoms with Crippen LogP contribution in [0.2, 0.25) is 0 Å². The average Bonchev–Trinajstić information content (AvgIpc) is 3.04. The van der Waals surface area contributed by atoms with Crippen LogP contribution >= 0.6 is 12.4 Å². The highest BCUT2D eigenvalue weighted by atomic mass is 35.5. The van der Waals surface area contributed by atoms with Gasteiger partial charge in [0, 0.05) is 6.54 Å². The van der Waals surface area contributed by atoms with Crippen LogP contribution in [0.25, 0.3) is 0 Å². The molecule has 0 aliphatic carbocycles. The number of piperidine rings is 1. The van der Waals surface area contributed by atoms with E-state index in [1.807, 2.05) is 11.6 Å². The fourth-order valence-electron chi connectivity index (χ4n) is 3.22.